The van der Waals surface area contributed by atoms with Crippen molar-refractivity contribution in [2.24, 2.45) is 10.9 Å². The number of halogens is 1. The first-order chi connectivity index (χ1) is 9.19. The van der Waals surface area contributed by atoms with Crippen LogP contribution in [-0.2, 0) is 6.42 Å². The van der Waals surface area contributed by atoms with Crippen LogP contribution in [0.25, 0.3) is 0 Å². The molecule has 0 saturated heterocycles. The highest BCUT2D eigenvalue weighted by molar-refractivity contribution is 6.30. The van der Waals surface area contributed by atoms with Gasteiger partial charge in [-0.3, -0.25) is 4.99 Å². The second kappa shape index (κ2) is 6.80. The van der Waals surface area contributed by atoms with Crippen molar-refractivity contribution in [3.8, 4) is 0 Å². The predicted octanol–water partition coefficient (Wildman–Crippen LogP) is 2.85. The number of guanidine groups is 1. The standard InChI is InChI=1S/C15H22ClN3/c1-3-17-15(19-14-9-11(14)2)18-8-7-12-5-4-6-13(16)10-12/h4-6,10-11,14H,3,7-9H2,1-2H3,(H2,17,18,19). The number of nitrogens with zero attached hydrogens (tertiary/aromatic N) is 1. The van der Waals surface area contributed by atoms with E-state index in [1.807, 2.05) is 18.2 Å². The Hall–Kier alpha value is -1.22. The molecule has 0 spiro atoms. The van der Waals surface area contributed by atoms with Crippen LogP contribution < -0.4 is 10.6 Å². The van der Waals surface area contributed by atoms with E-state index in [0.717, 1.165) is 36.4 Å². The molecule has 0 amide bonds. The Balaban J connectivity index is 1.83. The largest absolute Gasteiger partial charge is 0.357 e. The molecular formula is C15H22ClN3. The average molecular weight is 280 g/mol. The van der Waals surface area contributed by atoms with Gasteiger partial charge >= 0.3 is 0 Å². The minimum Gasteiger partial charge on any atom is -0.357 e. The van der Waals surface area contributed by atoms with Crippen LogP contribution in [0, 0.1) is 5.92 Å². The van der Waals surface area contributed by atoms with Gasteiger partial charge in [-0.05, 0) is 43.4 Å². The monoisotopic (exact) mass is 279 g/mol. The zero-order valence-corrected chi connectivity index (χ0v) is 12.4. The van der Waals surface area contributed by atoms with Crippen LogP contribution in [0.15, 0.2) is 29.3 Å². The highest BCUT2D eigenvalue weighted by Gasteiger charge is 2.33. The maximum absolute atomic E-state index is 5.97. The Morgan fingerprint density at radius 3 is 2.89 bits per heavy atom. The molecule has 2 rings (SSSR count). The predicted molar refractivity (Wildman–Crippen MR) is 81.8 cm³/mol. The lowest BCUT2D eigenvalue weighted by molar-refractivity contribution is 0.765. The van der Waals surface area contributed by atoms with Crippen molar-refractivity contribution in [2.45, 2.75) is 32.7 Å². The Bertz CT molecular complexity index is 445. The van der Waals surface area contributed by atoms with Crippen LogP contribution in [0.4, 0.5) is 0 Å². The number of hydrogen-bond acceptors (Lipinski definition) is 1. The fourth-order valence-corrected chi connectivity index (χ4v) is 2.22. The van der Waals surface area contributed by atoms with Gasteiger partial charge in [0.1, 0.15) is 0 Å². The first kappa shape index (κ1) is 14.2. The summed E-state index contributed by atoms with van der Waals surface area (Å²) in [7, 11) is 0. The topological polar surface area (TPSA) is 36.4 Å². The van der Waals surface area contributed by atoms with Crippen LogP contribution in [0.3, 0.4) is 0 Å². The number of nitrogens with one attached hydrogen (secondary N) is 2. The molecule has 1 aromatic carbocycles. The molecule has 1 aliphatic carbocycles. The molecule has 0 aliphatic heterocycles. The van der Waals surface area contributed by atoms with Crippen molar-refractivity contribution in [1.82, 2.24) is 10.6 Å². The van der Waals surface area contributed by atoms with Gasteiger partial charge in [0.05, 0.1) is 0 Å². The zero-order valence-electron chi connectivity index (χ0n) is 11.6. The number of hydrogen-bond donors (Lipinski definition) is 2. The normalized spacial score (nSPS) is 22.2. The zero-order chi connectivity index (χ0) is 13.7. The molecule has 1 aliphatic rings. The first-order valence-corrected chi connectivity index (χ1v) is 7.36. The van der Waals surface area contributed by atoms with Gasteiger partial charge in [-0.25, -0.2) is 0 Å². The molecule has 1 fully saturated rings. The van der Waals surface area contributed by atoms with Gasteiger partial charge < -0.3 is 10.6 Å². The Labute approximate surface area is 120 Å². The lowest BCUT2D eigenvalue weighted by Crippen LogP contribution is -2.39. The molecule has 104 valence electrons. The molecule has 19 heavy (non-hydrogen) atoms. The number of rotatable bonds is 5. The van der Waals surface area contributed by atoms with Gasteiger partial charge in [0.25, 0.3) is 0 Å². The van der Waals surface area contributed by atoms with Crippen molar-refractivity contribution in [3.05, 3.63) is 34.9 Å². The SMILES string of the molecule is CCNC(=NCCc1cccc(Cl)c1)NC1CC1C. The van der Waals surface area contributed by atoms with Crippen molar-refractivity contribution in [2.75, 3.05) is 13.1 Å². The molecule has 4 heteroatoms. The third-order valence-electron chi connectivity index (χ3n) is 3.34. The molecule has 2 unspecified atom stereocenters. The van der Waals surface area contributed by atoms with E-state index in [9.17, 15) is 0 Å². The van der Waals surface area contributed by atoms with Crippen LogP contribution in [-0.4, -0.2) is 25.1 Å². The van der Waals surface area contributed by atoms with Gasteiger partial charge in [-0.2, -0.15) is 0 Å². The minimum atomic E-state index is 0.601. The van der Waals surface area contributed by atoms with Crippen LogP contribution in [0.1, 0.15) is 25.8 Å². The quantitative estimate of drug-likeness (QED) is 0.642. The highest BCUT2D eigenvalue weighted by atomic mass is 35.5. The fourth-order valence-electron chi connectivity index (χ4n) is 2.01. The lowest BCUT2D eigenvalue weighted by atomic mass is 10.1. The van der Waals surface area contributed by atoms with Gasteiger partial charge in [-0.15, -0.1) is 0 Å². The maximum atomic E-state index is 5.97. The summed E-state index contributed by atoms with van der Waals surface area (Å²) in [5.74, 6) is 1.70. The van der Waals surface area contributed by atoms with Crippen LogP contribution in [0.2, 0.25) is 5.02 Å². The van der Waals surface area contributed by atoms with E-state index in [1.165, 1.54) is 12.0 Å². The molecule has 1 aromatic rings. The van der Waals surface area contributed by atoms with E-state index in [4.69, 9.17) is 11.6 Å². The number of aliphatic imine (C=N–C) groups is 1. The molecule has 2 atom stereocenters. The van der Waals surface area contributed by atoms with E-state index >= 15 is 0 Å². The first-order valence-electron chi connectivity index (χ1n) is 6.98. The summed E-state index contributed by atoms with van der Waals surface area (Å²) in [5.41, 5.74) is 1.23. The lowest BCUT2D eigenvalue weighted by Gasteiger charge is -2.10. The molecule has 0 bridgehead atoms. The summed E-state index contributed by atoms with van der Waals surface area (Å²) >= 11 is 5.97. The van der Waals surface area contributed by atoms with Crippen LogP contribution in [0.5, 0.6) is 0 Å². The summed E-state index contributed by atoms with van der Waals surface area (Å²) in [6.45, 7) is 6.01. The minimum absolute atomic E-state index is 0.601. The van der Waals surface area contributed by atoms with Gasteiger partial charge in [0, 0.05) is 24.2 Å². The molecule has 0 heterocycles. The van der Waals surface area contributed by atoms with E-state index in [-0.39, 0.29) is 0 Å². The van der Waals surface area contributed by atoms with Gasteiger partial charge in [0.2, 0.25) is 0 Å². The van der Waals surface area contributed by atoms with Crippen molar-refractivity contribution < 1.29 is 0 Å². The summed E-state index contributed by atoms with van der Waals surface area (Å²) in [6.07, 6.45) is 2.16. The summed E-state index contributed by atoms with van der Waals surface area (Å²) in [4.78, 5) is 4.60. The Morgan fingerprint density at radius 1 is 1.47 bits per heavy atom. The van der Waals surface area contributed by atoms with Crippen LogP contribution >= 0.6 is 11.6 Å². The third kappa shape index (κ3) is 4.75. The van der Waals surface area contributed by atoms with Gasteiger partial charge in [0.15, 0.2) is 5.96 Å². The highest BCUT2D eigenvalue weighted by Crippen LogP contribution is 2.28. The van der Waals surface area contributed by atoms with Crippen molar-refractivity contribution in [3.63, 3.8) is 0 Å². The smallest absolute Gasteiger partial charge is 0.191 e. The second-order valence-electron chi connectivity index (χ2n) is 5.10. The van der Waals surface area contributed by atoms with E-state index < -0.39 is 0 Å². The van der Waals surface area contributed by atoms with Gasteiger partial charge in [-0.1, -0.05) is 30.7 Å². The van der Waals surface area contributed by atoms with E-state index in [0.29, 0.717) is 6.04 Å². The number of benzene rings is 1. The summed E-state index contributed by atoms with van der Waals surface area (Å²) in [6, 6.07) is 8.57. The molecule has 1 saturated carbocycles. The molecule has 0 aromatic heterocycles. The average Bonchev–Trinajstić information content (AvgIpc) is 3.05. The Morgan fingerprint density at radius 2 is 2.26 bits per heavy atom. The summed E-state index contributed by atoms with van der Waals surface area (Å²) in [5, 5.41) is 7.53. The molecule has 0 radical (unpaired) electrons. The second-order valence-corrected chi connectivity index (χ2v) is 5.54. The molecule has 2 N–H and O–H groups in total. The fraction of sp³-hybridized carbons (Fsp3) is 0.533. The molecular weight excluding hydrogens is 258 g/mol. The summed E-state index contributed by atoms with van der Waals surface area (Å²) < 4.78 is 0. The third-order valence-corrected chi connectivity index (χ3v) is 3.57. The van der Waals surface area contributed by atoms with E-state index in [1.54, 1.807) is 0 Å². The Kier molecular flexibility index (Phi) is 5.08. The molecule has 3 nitrogen and oxygen atoms in total. The van der Waals surface area contributed by atoms with Crippen molar-refractivity contribution >= 4 is 17.6 Å². The van der Waals surface area contributed by atoms with E-state index in [2.05, 4.69) is 35.5 Å². The van der Waals surface area contributed by atoms with Crippen molar-refractivity contribution in [1.29, 1.82) is 0 Å². The maximum Gasteiger partial charge on any atom is 0.191 e.